The third-order valence-corrected chi connectivity index (χ3v) is 5.13. The van der Waals surface area contributed by atoms with Gasteiger partial charge in [0, 0.05) is 30.4 Å². The first-order valence-corrected chi connectivity index (χ1v) is 10.6. The maximum Gasteiger partial charge on any atom is 0.264 e. The Hall–Kier alpha value is -3.89. The van der Waals surface area contributed by atoms with Crippen molar-refractivity contribution in [2.75, 3.05) is 32.9 Å². The zero-order valence-corrected chi connectivity index (χ0v) is 17.9. The summed E-state index contributed by atoms with van der Waals surface area (Å²) in [6.07, 6.45) is 3.45. The predicted molar refractivity (Wildman–Crippen MR) is 121 cm³/mol. The van der Waals surface area contributed by atoms with Crippen LogP contribution < -0.4 is 4.74 Å². The largest absolute Gasteiger partial charge is 0.494 e. The van der Waals surface area contributed by atoms with Crippen molar-refractivity contribution in [1.29, 1.82) is 5.26 Å². The van der Waals surface area contributed by atoms with Crippen LogP contribution in [0.5, 0.6) is 5.75 Å². The maximum absolute atomic E-state index is 12.9. The van der Waals surface area contributed by atoms with Crippen LogP contribution in [0.3, 0.4) is 0 Å². The van der Waals surface area contributed by atoms with Crippen molar-refractivity contribution in [1.82, 2.24) is 14.7 Å². The second kappa shape index (κ2) is 9.94. The minimum absolute atomic E-state index is 0.0710. The number of rotatable bonds is 6. The molecule has 2 aromatic carbocycles. The Kier molecular flexibility index (Phi) is 6.63. The lowest BCUT2D eigenvalue weighted by Crippen LogP contribution is -2.41. The minimum atomic E-state index is -0.294. The molecule has 0 atom stereocenters. The molecule has 0 unspecified atom stereocenters. The Bertz CT molecular complexity index is 1160. The van der Waals surface area contributed by atoms with Gasteiger partial charge >= 0.3 is 0 Å². The summed E-state index contributed by atoms with van der Waals surface area (Å²) < 4.78 is 12.7. The molecule has 0 spiro atoms. The number of amides is 1. The maximum atomic E-state index is 12.9. The molecule has 1 amide bonds. The van der Waals surface area contributed by atoms with E-state index in [-0.39, 0.29) is 11.5 Å². The van der Waals surface area contributed by atoms with Crippen LogP contribution >= 0.6 is 0 Å². The van der Waals surface area contributed by atoms with E-state index < -0.39 is 0 Å². The lowest BCUT2D eigenvalue weighted by atomic mass is 10.1. The van der Waals surface area contributed by atoms with Crippen molar-refractivity contribution >= 4 is 12.0 Å². The summed E-state index contributed by atoms with van der Waals surface area (Å²) in [7, 11) is 0. The fourth-order valence-corrected chi connectivity index (χ4v) is 3.56. The molecule has 4 rings (SSSR count). The predicted octanol–water partition coefficient (Wildman–Crippen LogP) is 3.70. The highest BCUT2D eigenvalue weighted by Gasteiger charge is 2.22. The number of benzene rings is 2. The molecule has 3 aromatic rings. The monoisotopic (exact) mass is 428 g/mol. The Morgan fingerprint density at radius 2 is 1.97 bits per heavy atom. The highest BCUT2D eigenvalue weighted by atomic mass is 16.5. The van der Waals surface area contributed by atoms with E-state index in [1.165, 1.54) is 0 Å². The first-order chi connectivity index (χ1) is 15.7. The molecular formula is C25H24N4O3. The molecule has 1 aromatic heterocycles. The Morgan fingerprint density at radius 3 is 2.69 bits per heavy atom. The van der Waals surface area contributed by atoms with E-state index in [0.29, 0.717) is 44.2 Å². The normalized spacial score (nSPS) is 14.1. The first-order valence-electron chi connectivity index (χ1n) is 10.6. The van der Waals surface area contributed by atoms with Gasteiger partial charge in [-0.2, -0.15) is 10.4 Å². The van der Waals surface area contributed by atoms with Gasteiger partial charge in [-0.15, -0.1) is 0 Å². The number of hydrogen-bond donors (Lipinski definition) is 0. The van der Waals surface area contributed by atoms with Gasteiger partial charge in [-0.1, -0.05) is 30.3 Å². The molecule has 7 nitrogen and oxygen atoms in total. The summed E-state index contributed by atoms with van der Waals surface area (Å²) in [5, 5.41) is 14.5. The molecule has 32 heavy (non-hydrogen) atoms. The van der Waals surface area contributed by atoms with E-state index in [1.807, 2.05) is 67.7 Å². The molecule has 1 aliphatic rings. The molecule has 1 fully saturated rings. The number of nitrogens with zero attached hydrogens (tertiary/aromatic N) is 4. The molecular weight excluding hydrogens is 404 g/mol. The van der Waals surface area contributed by atoms with Gasteiger partial charge in [-0.3, -0.25) is 4.79 Å². The number of hydrogen-bond acceptors (Lipinski definition) is 5. The van der Waals surface area contributed by atoms with Crippen molar-refractivity contribution < 1.29 is 14.3 Å². The van der Waals surface area contributed by atoms with Crippen LogP contribution in [0, 0.1) is 11.3 Å². The van der Waals surface area contributed by atoms with Gasteiger partial charge in [0.1, 0.15) is 23.1 Å². The molecule has 1 saturated heterocycles. The van der Waals surface area contributed by atoms with Crippen LogP contribution in [0.25, 0.3) is 23.0 Å². The van der Waals surface area contributed by atoms with Crippen LogP contribution in [0.2, 0.25) is 0 Å². The van der Waals surface area contributed by atoms with Crippen molar-refractivity contribution in [3.05, 3.63) is 71.9 Å². The number of nitriles is 1. The average molecular weight is 428 g/mol. The minimum Gasteiger partial charge on any atom is -0.494 e. The van der Waals surface area contributed by atoms with Crippen molar-refractivity contribution in [2.24, 2.45) is 0 Å². The van der Waals surface area contributed by atoms with Crippen LogP contribution in [0.15, 0.2) is 66.4 Å². The molecule has 7 heteroatoms. The number of ether oxygens (including phenoxy) is 2. The summed E-state index contributed by atoms with van der Waals surface area (Å²) in [5.74, 6) is 0.441. The Morgan fingerprint density at radius 1 is 1.19 bits per heavy atom. The Labute approximate surface area is 187 Å². The first kappa shape index (κ1) is 21.3. The topological polar surface area (TPSA) is 80.4 Å². The second-order valence-corrected chi connectivity index (χ2v) is 7.25. The molecule has 2 heterocycles. The van der Waals surface area contributed by atoms with E-state index in [4.69, 9.17) is 14.6 Å². The number of carbonyl (C=O) groups excluding carboxylic acids is 1. The van der Waals surface area contributed by atoms with Gasteiger partial charge in [0.05, 0.1) is 25.5 Å². The summed E-state index contributed by atoms with van der Waals surface area (Å²) in [6.45, 7) is 4.40. The summed E-state index contributed by atoms with van der Waals surface area (Å²) in [5.41, 5.74) is 3.14. The fourth-order valence-electron chi connectivity index (χ4n) is 3.56. The SMILES string of the molecule is CCOc1cccc(-c2nn(-c3ccccc3)cc2/C=C(/C#N)C(=O)N2CCOCC2)c1. The third-order valence-electron chi connectivity index (χ3n) is 5.13. The van der Waals surface area contributed by atoms with Crippen molar-refractivity contribution in [3.8, 4) is 28.8 Å². The highest BCUT2D eigenvalue weighted by Crippen LogP contribution is 2.29. The molecule has 0 N–H and O–H groups in total. The molecule has 162 valence electrons. The van der Waals surface area contributed by atoms with E-state index >= 15 is 0 Å². The fraction of sp³-hybridized carbons (Fsp3) is 0.240. The molecule has 0 saturated carbocycles. The summed E-state index contributed by atoms with van der Waals surface area (Å²) in [6, 6.07) is 19.4. The zero-order chi connectivity index (χ0) is 22.3. The molecule has 0 bridgehead atoms. The van der Waals surface area contributed by atoms with Crippen LogP contribution in [0.1, 0.15) is 12.5 Å². The van der Waals surface area contributed by atoms with E-state index in [1.54, 1.807) is 15.7 Å². The molecule has 0 aliphatic carbocycles. The summed E-state index contributed by atoms with van der Waals surface area (Å²) >= 11 is 0. The molecule has 0 radical (unpaired) electrons. The van der Waals surface area contributed by atoms with E-state index in [2.05, 4.69) is 6.07 Å². The van der Waals surface area contributed by atoms with Gasteiger partial charge in [-0.25, -0.2) is 4.68 Å². The number of aromatic nitrogens is 2. The Balaban J connectivity index is 1.78. The van der Waals surface area contributed by atoms with Gasteiger partial charge in [-0.05, 0) is 37.3 Å². The standard InChI is InChI=1S/C25H24N4O3/c1-2-32-23-10-6-7-19(16-23)24-21(18-29(27-24)22-8-4-3-5-9-22)15-20(17-26)25(30)28-11-13-31-14-12-28/h3-10,15-16,18H,2,11-14H2,1H3/b20-15-. The van der Waals surface area contributed by atoms with Crippen LogP contribution in [-0.4, -0.2) is 53.5 Å². The van der Waals surface area contributed by atoms with E-state index in [0.717, 1.165) is 17.0 Å². The third kappa shape index (κ3) is 4.71. The van der Waals surface area contributed by atoms with Crippen molar-refractivity contribution in [2.45, 2.75) is 6.92 Å². The average Bonchev–Trinajstić information content (AvgIpc) is 3.27. The van der Waals surface area contributed by atoms with Gasteiger partial charge in [0.25, 0.3) is 5.91 Å². The smallest absolute Gasteiger partial charge is 0.264 e. The number of para-hydroxylation sites is 1. The van der Waals surface area contributed by atoms with Gasteiger partial charge < -0.3 is 14.4 Å². The van der Waals surface area contributed by atoms with Gasteiger partial charge in [0.15, 0.2) is 0 Å². The molecule has 1 aliphatic heterocycles. The van der Waals surface area contributed by atoms with Crippen LogP contribution in [0.4, 0.5) is 0 Å². The van der Waals surface area contributed by atoms with Gasteiger partial charge in [0.2, 0.25) is 0 Å². The number of carbonyl (C=O) groups is 1. The van der Waals surface area contributed by atoms with Crippen LogP contribution in [-0.2, 0) is 9.53 Å². The summed E-state index contributed by atoms with van der Waals surface area (Å²) in [4.78, 5) is 14.6. The lowest BCUT2D eigenvalue weighted by Gasteiger charge is -2.26. The lowest BCUT2D eigenvalue weighted by molar-refractivity contribution is -0.130. The number of morpholine rings is 1. The van der Waals surface area contributed by atoms with E-state index in [9.17, 15) is 10.1 Å². The zero-order valence-electron chi connectivity index (χ0n) is 17.9. The second-order valence-electron chi connectivity index (χ2n) is 7.25. The quantitative estimate of drug-likeness (QED) is 0.442. The highest BCUT2D eigenvalue weighted by molar-refractivity contribution is 6.02. The van der Waals surface area contributed by atoms with Crippen molar-refractivity contribution in [3.63, 3.8) is 0 Å².